The summed E-state index contributed by atoms with van der Waals surface area (Å²) in [6.07, 6.45) is -0.145. The van der Waals surface area contributed by atoms with Crippen LogP contribution >= 0.6 is 0 Å². The molecule has 0 radical (unpaired) electrons. The van der Waals surface area contributed by atoms with E-state index >= 15 is 0 Å². The molecule has 0 heterocycles. The Balaban J connectivity index is 2.86. The van der Waals surface area contributed by atoms with E-state index in [1.54, 1.807) is 18.2 Å². The van der Waals surface area contributed by atoms with Crippen molar-refractivity contribution in [1.29, 1.82) is 0 Å². The Morgan fingerprint density at radius 2 is 2.00 bits per heavy atom. The summed E-state index contributed by atoms with van der Waals surface area (Å²) < 4.78 is 32.0. The van der Waals surface area contributed by atoms with Gasteiger partial charge in [0.1, 0.15) is 10.6 Å². The second-order valence-corrected chi connectivity index (χ2v) is 7.02. The second kappa shape index (κ2) is 7.06. The molecule has 0 fully saturated rings. The Bertz CT molecular complexity index is 540. The number of benzene rings is 1. The average molecular weight is 301 g/mol. The molecule has 114 valence electrons. The molecule has 5 nitrogen and oxygen atoms in total. The molecule has 2 N–H and O–H groups in total. The van der Waals surface area contributed by atoms with Crippen molar-refractivity contribution in [1.82, 2.24) is 4.72 Å². The van der Waals surface area contributed by atoms with Crippen molar-refractivity contribution in [3.63, 3.8) is 0 Å². The van der Waals surface area contributed by atoms with Crippen molar-refractivity contribution in [3.8, 4) is 5.75 Å². The molecule has 1 unspecified atom stereocenters. The number of aliphatic hydroxyl groups is 1. The Kier molecular flexibility index (Phi) is 5.98. The van der Waals surface area contributed by atoms with Crippen LogP contribution in [0.25, 0.3) is 0 Å². The summed E-state index contributed by atoms with van der Waals surface area (Å²) in [5, 5.41) is 9.75. The summed E-state index contributed by atoms with van der Waals surface area (Å²) in [6, 6.07) is 4.95. The Morgan fingerprint density at radius 1 is 1.35 bits per heavy atom. The van der Waals surface area contributed by atoms with Crippen LogP contribution in [0.5, 0.6) is 5.75 Å². The predicted octanol–water partition coefficient (Wildman–Crippen LogP) is 1.69. The van der Waals surface area contributed by atoms with Crippen LogP contribution in [0.1, 0.15) is 25.8 Å². The first kappa shape index (κ1) is 16.9. The number of sulfonamides is 1. The minimum Gasteiger partial charge on any atom is -0.495 e. The number of hydrogen-bond donors (Lipinski definition) is 2. The Labute approximate surface area is 121 Å². The summed E-state index contributed by atoms with van der Waals surface area (Å²) in [7, 11) is -2.26. The smallest absolute Gasteiger partial charge is 0.244 e. The van der Waals surface area contributed by atoms with Crippen molar-refractivity contribution >= 4 is 10.0 Å². The highest BCUT2D eigenvalue weighted by Gasteiger charge is 2.20. The van der Waals surface area contributed by atoms with Gasteiger partial charge in [0, 0.05) is 6.54 Å². The van der Waals surface area contributed by atoms with Gasteiger partial charge in [-0.1, -0.05) is 19.9 Å². The van der Waals surface area contributed by atoms with E-state index in [4.69, 9.17) is 4.74 Å². The number of rotatable bonds is 7. The lowest BCUT2D eigenvalue weighted by atomic mass is 10.1. The minimum atomic E-state index is -3.69. The molecule has 1 rings (SSSR count). The van der Waals surface area contributed by atoms with Gasteiger partial charge in [-0.3, -0.25) is 0 Å². The molecule has 0 aliphatic carbocycles. The molecule has 0 aliphatic heterocycles. The zero-order valence-electron chi connectivity index (χ0n) is 12.4. The lowest BCUT2D eigenvalue weighted by molar-refractivity contribution is 0.152. The summed E-state index contributed by atoms with van der Waals surface area (Å²) in [6.45, 7) is 5.76. The zero-order valence-corrected chi connectivity index (χ0v) is 13.2. The molecule has 0 saturated carbocycles. The van der Waals surface area contributed by atoms with E-state index in [1.807, 2.05) is 20.8 Å². The highest BCUT2D eigenvalue weighted by molar-refractivity contribution is 7.89. The van der Waals surface area contributed by atoms with E-state index in [2.05, 4.69) is 4.72 Å². The fourth-order valence-corrected chi connectivity index (χ4v) is 3.23. The lowest BCUT2D eigenvalue weighted by Crippen LogP contribution is -2.33. The predicted molar refractivity (Wildman–Crippen MR) is 78.4 cm³/mol. The van der Waals surface area contributed by atoms with Crippen LogP contribution in [0.2, 0.25) is 0 Å². The van der Waals surface area contributed by atoms with Gasteiger partial charge in [-0.05, 0) is 37.0 Å². The number of methoxy groups -OCH3 is 1. The number of nitrogens with one attached hydrogen (secondary N) is 1. The fourth-order valence-electron chi connectivity index (χ4n) is 1.91. The van der Waals surface area contributed by atoms with Crippen LogP contribution in [-0.4, -0.2) is 33.3 Å². The van der Waals surface area contributed by atoms with Gasteiger partial charge >= 0.3 is 0 Å². The van der Waals surface area contributed by atoms with Gasteiger partial charge in [0.05, 0.1) is 13.2 Å². The molecule has 0 spiro atoms. The number of aryl methyl sites for hydroxylation is 1. The summed E-state index contributed by atoms with van der Waals surface area (Å²) >= 11 is 0. The van der Waals surface area contributed by atoms with Crippen molar-refractivity contribution in [2.45, 2.75) is 38.2 Å². The Hall–Kier alpha value is -1.11. The molecular weight excluding hydrogens is 278 g/mol. The molecule has 1 atom stereocenters. The molecule has 0 aliphatic rings. The first-order valence-electron chi connectivity index (χ1n) is 6.58. The highest BCUT2D eigenvalue weighted by Crippen LogP contribution is 2.24. The molecule has 0 bridgehead atoms. The molecule has 0 aromatic heterocycles. The molecule has 0 saturated heterocycles. The summed E-state index contributed by atoms with van der Waals surface area (Å²) in [4.78, 5) is 0.0942. The SMILES string of the molecule is COc1ccc(C)cc1S(=O)(=O)NCC(O)CC(C)C. The van der Waals surface area contributed by atoms with Crippen molar-refractivity contribution in [2.75, 3.05) is 13.7 Å². The van der Waals surface area contributed by atoms with Gasteiger partial charge in [-0.2, -0.15) is 0 Å². The van der Waals surface area contributed by atoms with Crippen LogP contribution in [0.4, 0.5) is 0 Å². The molecule has 1 aromatic carbocycles. The minimum absolute atomic E-state index is 0.00237. The van der Waals surface area contributed by atoms with Crippen LogP contribution in [0.3, 0.4) is 0 Å². The molecular formula is C14H23NO4S. The summed E-state index contributed by atoms with van der Waals surface area (Å²) in [5.74, 6) is 0.601. The van der Waals surface area contributed by atoms with Crippen LogP contribution in [0.15, 0.2) is 23.1 Å². The molecule has 1 aromatic rings. The van der Waals surface area contributed by atoms with Crippen molar-refractivity contribution < 1.29 is 18.3 Å². The topological polar surface area (TPSA) is 75.6 Å². The normalized spacial score (nSPS) is 13.5. The van der Waals surface area contributed by atoms with E-state index < -0.39 is 16.1 Å². The van der Waals surface area contributed by atoms with E-state index in [-0.39, 0.29) is 11.4 Å². The molecule has 20 heavy (non-hydrogen) atoms. The van der Waals surface area contributed by atoms with Crippen molar-refractivity contribution in [2.24, 2.45) is 5.92 Å². The van der Waals surface area contributed by atoms with E-state index in [0.717, 1.165) is 5.56 Å². The highest BCUT2D eigenvalue weighted by atomic mass is 32.2. The van der Waals surface area contributed by atoms with Crippen LogP contribution in [-0.2, 0) is 10.0 Å². The van der Waals surface area contributed by atoms with E-state index in [1.165, 1.54) is 7.11 Å². The van der Waals surface area contributed by atoms with Gasteiger partial charge in [0.15, 0.2) is 0 Å². The Morgan fingerprint density at radius 3 is 2.55 bits per heavy atom. The van der Waals surface area contributed by atoms with Gasteiger partial charge in [0.2, 0.25) is 10.0 Å². The first-order valence-corrected chi connectivity index (χ1v) is 8.07. The zero-order chi connectivity index (χ0) is 15.3. The van der Waals surface area contributed by atoms with Crippen molar-refractivity contribution in [3.05, 3.63) is 23.8 Å². The first-order chi connectivity index (χ1) is 9.26. The maximum Gasteiger partial charge on any atom is 0.244 e. The second-order valence-electron chi connectivity index (χ2n) is 5.29. The standard InChI is InChI=1S/C14H23NO4S/c1-10(2)7-12(16)9-15-20(17,18)14-8-11(3)5-6-13(14)19-4/h5-6,8,10,12,15-16H,7,9H2,1-4H3. The quantitative estimate of drug-likeness (QED) is 0.803. The lowest BCUT2D eigenvalue weighted by Gasteiger charge is -2.15. The third-order valence-corrected chi connectivity index (χ3v) is 4.31. The van der Waals surface area contributed by atoms with Gasteiger partial charge < -0.3 is 9.84 Å². The number of aliphatic hydroxyl groups excluding tert-OH is 1. The number of hydrogen-bond acceptors (Lipinski definition) is 4. The van der Waals surface area contributed by atoms with Crippen LogP contribution < -0.4 is 9.46 Å². The van der Waals surface area contributed by atoms with Gasteiger partial charge in [0.25, 0.3) is 0 Å². The maximum absolute atomic E-state index is 12.3. The monoisotopic (exact) mass is 301 g/mol. The summed E-state index contributed by atoms with van der Waals surface area (Å²) in [5.41, 5.74) is 0.828. The molecule has 6 heteroatoms. The number of ether oxygens (including phenoxy) is 1. The third kappa shape index (κ3) is 4.77. The third-order valence-electron chi connectivity index (χ3n) is 2.86. The largest absolute Gasteiger partial charge is 0.495 e. The fraction of sp³-hybridized carbons (Fsp3) is 0.571. The van der Waals surface area contributed by atoms with Gasteiger partial charge in [-0.15, -0.1) is 0 Å². The van der Waals surface area contributed by atoms with E-state index in [0.29, 0.717) is 18.1 Å². The van der Waals surface area contributed by atoms with Crippen LogP contribution in [0, 0.1) is 12.8 Å². The van der Waals surface area contributed by atoms with E-state index in [9.17, 15) is 13.5 Å². The van der Waals surface area contributed by atoms with Gasteiger partial charge in [-0.25, -0.2) is 13.1 Å². The average Bonchev–Trinajstić information content (AvgIpc) is 2.36. The molecule has 0 amide bonds. The maximum atomic E-state index is 12.3.